The van der Waals surface area contributed by atoms with Crippen molar-refractivity contribution < 1.29 is 9.47 Å². The average molecular weight is 404 g/mol. The Kier molecular flexibility index (Phi) is 5.76. The van der Waals surface area contributed by atoms with Crippen LogP contribution in [0.5, 0.6) is 11.6 Å². The number of hydrogen-bond donors (Lipinski definition) is 1. The summed E-state index contributed by atoms with van der Waals surface area (Å²) < 4.78 is 11.9. The third-order valence-corrected chi connectivity index (χ3v) is 5.03. The van der Waals surface area contributed by atoms with Crippen LogP contribution in [0.1, 0.15) is 11.8 Å². The second-order valence-corrected chi connectivity index (χ2v) is 7.19. The fraction of sp³-hybridized carbons (Fsp3) is 0.136. The Labute approximate surface area is 173 Å². The van der Waals surface area contributed by atoms with E-state index in [2.05, 4.69) is 33.7 Å². The average Bonchev–Trinajstić information content (AvgIpc) is 2.93. The quantitative estimate of drug-likeness (QED) is 0.444. The molecule has 1 N–H and O–H groups in total. The number of rotatable bonds is 7. The van der Waals surface area contributed by atoms with Gasteiger partial charge in [0, 0.05) is 22.6 Å². The molecule has 1 aliphatic rings. The zero-order valence-corrected chi connectivity index (χ0v) is 16.6. The van der Waals surface area contributed by atoms with Crippen LogP contribution in [0.4, 0.5) is 5.69 Å². The van der Waals surface area contributed by atoms with Gasteiger partial charge in [-0.3, -0.25) is 0 Å². The predicted octanol–water partition coefficient (Wildman–Crippen LogP) is 4.88. The minimum absolute atomic E-state index is 0.437. The summed E-state index contributed by atoms with van der Waals surface area (Å²) in [6.45, 7) is 7.86. The van der Waals surface area contributed by atoms with Crippen LogP contribution in [0, 0.1) is 0 Å². The highest BCUT2D eigenvalue weighted by atomic mass is 32.2. The van der Waals surface area contributed by atoms with Gasteiger partial charge in [-0.1, -0.05) is 60.8 Å². The van der Waals surface area contributed by atoms with E-state index in [0.717, 1.165) is 22.6 Å². The fourth-order valence-corrected chi connectivity index (χ4v) is 3.43. The minimum atomic E-state index is -0.460. The van der Waals surface area contributed by atoms with Crippen LogP contribution in [0.2, 0.25) is 0 Å². The van der Waals surface area contributed by atoms with Gasteiger partial charge in [0.2, 0.25) is 11.0 Å². The molecule has 0 unspecified atom stereocenters. The van der Waals surface area contributed by atoms with Crippen molar-refractivity contribution >= 4 is 17.4 Å². The van der Waals surface area contributed by atoms with Gasteiger partial charge in [-0.05, 0) is 18.2 Å². The van der Waals surface area contributed by atoms with E-state index < -0.39 is 6.23 Å². The lowest BCUT2D eigenvalue weighted by Gasteiger charge is -2.20. The van der Waals surface area contributed by atoms with Gasteiger partial charge in [0.1, 0.15) is 12.4 Å². The molecular formula is C22H20N4O2S. The van der Waals surface area contributed by atoms with E-state index in [1.807, 2.05) is 48.5 Å². The summed E-state index contributed by atoms with van der Waals surface area (Å²) in [6.07, 6.45) is 3.05. The van der Waals surface area contributed by atoms with E-state index in [1.165, 1.54) is 11.8 Å². The van der Waals surface area contributed by atoms with Crippen LogP contribution in [0.15, 0.2) is 79.0 Å². The molecule has 0 fully saturated rings. The van der Waals surface area contributed by atoms with Crippen molar-refractivity contribution in [2.24, 2.45) is 0 Å². The van der Waals surface area contributed by atoms with Crippen molar-refractivity contribution in [3.8, 4) is 22.9 Å². The lowest BCUT2D eigenvalue weighted by atomic mass is 10.1. The van der Waals surface area contributed by atoms with E-state index in [9.17, 15) is 0 Å². The van der Waals surface area contributed by atoms with Crippen LogP contribution in [0.3, 0.4) is 0 Å². The van der Waals surface area contributed by atoms with E-state index in [1.54, 1.807) is 12.2 Å². The first kappa shape index (κ1) is 19.0. The minimum Gasteiger partial charge on any atom is -0.490 e. The topological polar surface area (TPSA) is 69.2 Å². The van der Waals surface area contributed by atoms with E-state index in [4.69, 9.17) is 9.47 Å². The monoisotopic (exact) mass is 404 g/mol. The second kappa shape index (κ2) is 8.79. The van der Waals surface area contributed by atoms with Crippen LogP contribution in [-0.2, 0) is 0 Å². The van der Waals surface area contributed by atoms with E-state index in [0.29, 0.717) is 29.1 Å². The zero-order chi connectivity index (χ0) is 20.1. The molecule has 3 aromatic rings. The first-order chi connectivity index (χ1) is 14.3. The van der Waals surface area contributed by atoms with Crippen molar-refractivity contribution in [1.82, 2.24) is 15.2 Å². The van der Waals surface area contributed by atoms with Gasteiger partial charge < -0.3 is 14.8 Å². The lowest BCUT2D eigenvalue weighted by Crippen LogP contribution is -2.17. The maximum Gasteiger partial charge on any atom is 0.247 e. The molecule has 7 heteroatoms. The summed E-state index contributed by atoms with van der Waals surface area (Å²) in [4.78, 5) is 4.59. The molecule has 0 aliphatic carbocycles. The number of hydrogen-bond acceptors (Lipinski definition) is 7. The molecule has 0 radical (unpaired) electrons. The third kappa shape index (κ3) is 4.25. The summed E-state index contributed by atoms with van der Waals surface area (Å²) in [7, 11) is 0. The molecule has 146 valence electrons. The smallest absolute Gasteiger partial charge is 0.247 e. The van der Waals surface area contributed by atoms with Gasteiger partial charge >= 0.3 is 0 Å². The van der Waals surface area contributed by atoms with Crippen molar-refractivity contribution in [1.29, 1.82) is 0 Å². The number of thioether (sulfide) groups is 1. The van der Waals surface area contributed by atoms with Gasteiger partial charge in [0.25, 0.3) is 0 Å². The normalized spacial score (nSPS) is 14.4. The van der Waals surface area contributed by atoms with Gasteiger partial charge in [0.15, 0.2) is 11.9 Å². The van der Waals surface area contributed by atoms with Crippen molar-refractivity contribution in [3.63, 3.8) is 0 Å². The molecule has 1 aliphatic heterocycles. The van der Waals surface area contributed by atoms with Gasteiger partial charge in [0.05, 0.1) is 0 Å². The van der Waals surface area contributed by atoms with Gasteiger partial charge in [-0.2, -0.15) is 4.98 Å². The Hall–Kier alpha value is -3.32. The standard InChI is InChI=1S/C22H20N4O2S/c1-3-12-27-16-9-7-8-15(14-16)20-23-18-11-6-5-10-17(18)19-21(28-20)24-22(26-25-19)29-13-4-2/h3-11,14,20,23H,1-2,12-13H2/t20-/m0/s1. The Morgan fingerprint density at radius 2 is 2.00 bits per heavy atom. The molecule has 0 saturated carbocycles. The number of benzene rings is 2. The SMILES string of the molecule is C=CCOc1cccc([C@H]2Nc3ccccc3-c3nnc(SCC=C)nc3O2)c1. The van der Waals surface area contributed by atoms with Crippen LogP contribution in [-0.4, -0.2) is 27.5 Å². The first-order valence-corrected chi connectivity index (χ1v) is 10.1. The predicted molar refractivity (Wildman–Crippen MR) is 115 cm³/mol. The summed E-state index contributed by atoms with van der Waals surface area (Å²) in [5.74, 6) is 1.88. The van der Waals surface area contributed by atoms with E-state index in [-0.39, 0.29) is 0 Å². The summed E-state index contributed by atoms with van der Waals surface area (Å²) >= 11 is 1.46. The maximum atomic E-state index is 6.27. The summed E-state index contributed by atoms with van der Waals surface area (Å²) in [5, 5.41) is 12.6. The van der Waals surface area contributed by atoms with E-state index >= 15 is 0 Å². The molecule has 2 heterocycles. The molecule has 1 atom stereocenters. The number of nitrogens with zero attached hydrogens (tertiary/aromatic N) is 3. The van der Waals surface area contributed by atoms with Crippen LogP contribution in [0.25, 0.3) is 11.3 Å². The highest BCUT2D eigenvalue weighted by molar-refractivity contribution is 7.99. The fourth-order valence-electron chi connectivity index (χ4n) is 2.92. The molecular weight excluding hydrogens is 384 g/mol. The van der Waals surface area contributed by atoms with Crippen LogP contribution < -0.4 is 14.8 Å². The molecule has 0 spiro atoms. The first-order valence-electron chi connectivity index (χ1n) is 9.13. The molecule has 29 heavy (non-hydrogen) atoms. The molecule has 4 rings (SSSR count). The van der Waals surface area contributed by atoms with Crippen molar-refractivity contribution in [2.75, 3.05) is 17.7 Å². The lowest BCUT2D eigenvalue weighted by molar-refractivity contribution is 0.224. The largest absolute Gasteiger partial charge is 0.490 e. The molecule has 6 nitrogen and oxygen atoms in total. The third-order valence-electron chi connectivity index (χ3n) is 4.19. The Morgan fingerprint density at radius 3 is 2.86 bits per heavy atom. The Bertz CT molecular complexity index is 1040. The van der Waals surface area contributed by atoms with Gasteiger partial charge in [-0.15, -0.1) is 16.8 Å². The number of aromatic nitrogens is 3. The zero-order valence-electron chi connectivity index (χ0n) is 15.7. The number of nitrogens with one attached hydrogen (secondary N) is 1. The molecule has 0 amide bonds. The molecule has 0 bridgehead atoms. The Balaban J connectivity index is 1.73. The van der Waals surface area contributed by atoms with Crippen molar-refractivity contribution in [3.05, 3.63) is 79.4 Å². The molecule has 1 aromatic heterocycles. The van der Waals surface area contributed by atoms with Crippen LogP contribution >= 0.6 is 11.8 Å². The number of ether oxygens (including phenoxy) is 2. The molecule has 0 saturated heterocycles. The summed E-state index contributed by atoms with van der Waals surface area (Å²) in [5.41, 5.74) is 3.31. The van der Waals surface area contributed by atoms with Crippen molar-refractivity contribution in [2.45, 2.75) is 11.4 Å². The Morgan fingerprint density at radius 1 is 1.10 bits per heavy atom. The highest BCUT2D eigenvalue weighted by Crippen LogP contribution is 2.39. The summed E-state index contributed by atoms with van der Waals surface area (Å²) in [6, 6.07) is 15.6. The molecule has 2 aromatic carbocycles. The maximum absolute atomic E-state index is 6.27. The highest BCUT2D eigenvalue weighted by Gasteiger charge is 2.26. The van der Waals surface area contributed by atoms with Gasteiger partial charge in [-0.25, -0.2) is 0 Å². The number of fused-ring (bicyclic) bond motifs is 3. The second-order valence-electron chi connectivity index (χ2n) is 6.21. The number of anilines is 1. The number of para-hydroxylation sites is 1.